The SMILES string of the molecule is CCCCc1ccc(C(=O)C(=O)C(=O)O)cc1. The average molecular weight is 234 g/mol. The first-order chi connectivity index (χ1) is 8.06. The molecular formula is C13H14O4. The van der Waals surface area contributed by atoms with Crippen molar-refractivity contribution < 1.29 is 19.5 Å². The van der Waals surface area contributed by atoms with E-state index in [1.54, 1.807) is 12.1 Å². The minimum Gasteiger partial charge on any atom is -0.475 e. The van der Waals surface area contributed by atoms with Gasteiger partial charge in [-0.2, -0.15) is 0 Å². The lowest BCUT2D eigenvalue weighted by Crippen LogP contribution is -2.23. The van der Waals surface area contributed by atoms with E-state index >= 15 is 0 Å². The first kappa shape index (κ1) is 13.1. The minimum absolute atomic E-state index is 0.123. The molecule has 0 bridgehead atoms. The molecule has 1 N–H and O–H groups in total. The minimum atomic E-state index is -1.72. The quantitative estimate of drug-likeness (QED) is 0.463. The standard InChI is InChI=1S/C13H14O4/c1-2-3-4-9-5-7-10(8-6-9)11(14)12(15)13(16)17/h5-8H,2-4H2,1H3,(H,16,17). The van der Waals surface area contributed by atoms with Crippen LogP contribution in [0.4, 0.5) is 0 Å². The number of hydrogen-bond donors (Lipinski definition) is 1. The number of carboxylic acids is 1. The highest BCUT2D eigenvalue weighted by atomic mass is 16.4. The summed E-state index contributed by atoms with van der Waals surface area (Å²) < 4.78 is 0. The third kappa shape index (κ3) is 3.52. The number of rotatable bonds is 6. The van der Waals surface area contributed by atoms with Crippen LogP contribution >= 0.6 is 0 Å². The smallest absolute Gasteiger partial charge is 0.380 e. The van der Waals surface area contributed by atoms with Gasteiger partial charge in [0.2, 0.25) is 5.78 Å². The molecule has 0 spiro atoms. The molecule has 0 amide bonds. The number of aliphatic carboxylic acids is 1. The summed E-state index contributed by atoms with van der Waals surface area (Å²) in [5.41, 5.74) is 1.20. The molecule has 0 radical (unpaired) electrons. The summed E-state index contributed by atoms with van der Waals surface area (Å²) >= 11 is 0. The van der Waals surface area contributed by atoms with Gasteiger partial charge in [0.25, 0.3) is 0 Å². The van der Waals surface area contributed by atoms with Crippen molar-refractivity contribution in [3.8, 4) is 0 Å². The summed E-state index contributed by atoms with van der Waals surface area (Å²) in [5.74, 6) is -4.09. The Bertz CT molecular complexity index is 431. The number of carbonyl (C=O) groups excluding carboxylic acids is 2. The molecule has 1 rings (SSSR count). The zero-order valence-corrected chi connectivity index (χ0v) is 9.60. The van der Waals surface area contributed by atoms with Crippen LogP contribution in [0, 0.1) is 0 Å². The molecule has 0 saturated heterocycles. The fourth-order valence-corrected chi connectivity index (χ4v) is 1.43. The molecule has 0 heterocycles. The van der Waals surface area contributed by atoms with Crippen molar-refractivity contribution in [1.29, 1.82) is 0 Å². The Morgan fingerprint density at radius 2 is 1.71 bits per heavy atom. The second-order valence-corrected chi connectivity index (χ2v) is 3.76. The van der Waals surface area contributed by atoms with Crippen molar-refractivity contribution >= 4 is 17.5 Å². The molecule has 0 saturated carbocycles. The normalized spacial score (nSPS) is 9.94. The van der Waals surface area contributed by atoms with Crippen molar-refractivity contribution in [3.63, 3.8) is 0 Å². The predicted octanol–water partition coefficient (Wildman–Crippen LogP) is 1.87. The zero-order chi connectivity index (χ0) is 12.8. The summed E-state index contributed by atoms with van der Waals surface area (Å²) in [6.45, 7) is 2.09. The van der Waals surface area contributed by atoms with Crippen LogP contribution in [0.1, 0.15) is 35.7 Å². The summed E-state index contributed by atoms with van der Waals surface area (Å²) in [6, 6.07) is 6.48. The molecule has 4 nitrogen and oxygen atoms in total. The summed E-state index contributed by atoms with van der Waals surface area (Å²) in [4.78, 5) is 32.7. The van der Waals surface area contributed by atoms with E-state index in [1.165, 1.54) is 12.1 Å². The average Bonchev–Trinajstić information content (AvgIpc) is 2.35. The Morgan fingerprint density at radius 3 is 2.18 bits per heavy atom. The van der Waals surface area contributed by atoms with Crippen LogP contribution in [0.2, 0.25) is 0 Å². The van der Waals surface area contributed by atoms with E-state index in [4.69, 9.17) is 5.11 Å². The predicted molar refractivity (Wildman–Crippen MR) is 62.0 cm³/mol. The Morgan fingerprint density at radius 1 is 1.12 bits per heavy atom. The first-order valence-corrected chi connectivity index (χ1v) is 5.47. The van der Waals surface area contributed by atoms with Gasteiger partial charge in [-0.25, -0.2) is 4.79 Å². The van der Waals surface area contributed by atoms with Crippen LogP contribution in [0.25, 0.3) is 0 Å². The fourth-order valence-electron chi connectivity index (χ4n) is 1.43. The highest BCUT2D eigenvalue weighted by Gasteiger charge is 2.22. The molecule has 0 aliphatic rings. The van der Waals surface area contributed by atoms with Gasteiger partial charge >= 0.3 is 11.8 Å². The van der Waals surface area contributed by atoms with E-state index in [0.717, 1.165) is 24.8 Å². The molecule has 0 aliphatic heterocycles. The van der Waals surface area contributed by atoms with Gasteiger partial charge in [0.1, 0.15) is 0 Å². The maximum absolute atomic E-state index is 11.4. The van der Waals surface area contributed by atoms with Crippen LogP contribution in [0.5, 0.6) is 0 Å². The maximum atomic E-state index is 11.4. The van der Waals surface area contributed by atoms with Crippen molar-refractivity contribution in [2.24, 2.45) is 0 Å². The first-order valence-electron chi connectivity index (χ1n) is 5.47. The van der Waals surface area contributed by atoms with Crippen LogP contribution in [0.3, 0.4) is 0 Å². The van der Waals surface area contributed by atoms with Crippen LogP contribution in [-0.4, -0.2) is 22.6 Å². The third-order valence-corrected chi connectivity index (χ3v) is 2.44. The van der Waals surface area contributed by atoms with E-state index in [2.05, 4.69) is 6.92 Å². The van der Waals surface area contributed by atoms with Gasteiger partial charge in [0.05, 0.1) is 0 Å². The second kappa shape index (κ2) is 5.94. The van der Waals surface area contributed by atoms with Gasteiger partial charge in [-0.15, -0.1) is 0 Å². The van der Waals surface area contributed by atoms with Crippen molar-refractivity contribution in [2.75, 3.05) is 0 Å². The van der Waals surface area contributed by atoms with Gasteiger partial charge in [-0.3, -0.25) is 9.59 Å². The number of Topliss-reactive ketones (excluding diaryl/α,β-unsaturated/α-hetero) is 2. The molecule has 1 aromatic carbocycles. The largest absolute Gasteiger partial charge is 0.475 e. The third-order valence-electron chi connectivity index (χ3n) is 2.44. The van der Waals surface area contributed by atoms with Gasteiger partial charge in [-0.1, -0.05) is 37.6 Å². The molecule has 0 aliphatic carbocycles. The molecule has 90 valence electrons. The van der Waals surface area contributed by atoms with Gasteiger partial charge < -0.3 is 5.11 Å². The molecular weight excluding hydrogens is 220 g/mol. The number of hydrogen-bond acceptors (Lipinski definition) is 3. The fraction of sp³-hybridized carbons (Fsp3) is 0.308. The lowest BCUT2D eigenvalue weighted by Gasteiger charge is -2.01. The highest BCUT2D eigenvalue weighted by Crippen LogP contribution is 2.09. The lowest BCUT2D eigenvalue weighted by atomic mass is 10.0. The molecule has 0 aromatic heterocycles. The van der Waals surface area contributed by atoms with Gasteiger partial charge in [0.15, 0.2) is 0 Å². The van der Waals surface area contributed by atoms with Crippen molar-refractivity contribution in [3.05, 3.63) is 35.4 Å². The lowest BCUT2D eigenvalue weighted by molar-refractivity contribution is -0.146. The van der Waals surface area contributed by atoms with Crippen LogP contribution in [0.15, 0.2) is 24.3 Å². The zero-order valence-electron chi connectivity index (χ0n) is 9.60. The summed E-state index contributed by atoms with van der Waals surface area (Å²) in [6.07, 6.45) is 3.05. The van der Waals surface area contributed by atoms with Crippen LogP contribution in [-0.2, 0) is 16.0 Å². The van der Waals surface area contributed by atoms with Crippen LogP contribution < -0.4 is 0 Å². The molecule has 0 fully saturated rings. The summed E-state index contributed by atoms with van der Waals surface area (Å²) in [5, 5.41) is 8.41. The number of unbranched alkanes of at least 4 members (excludes halogenated alkanes) is 1. The Labute approximate surface area is 99.3 Å². The second-order valence-electron chi connectivity index (χ2n) is 3.76. The summed E-state index contributed by atoms with van der Waals surface area (Å²) in [7, 11) is 0. The van der Waals surface area contributed by atoms with Gasteiger partial charge in [-0.05, 0) is 18.4 Å². The molecule has 1 aromatic rings. The molecule has 0 unspecified atom stereocenters. The number of carboxylic acid groups (broad SMARTS) is 1. The molecule has 4 heteroatoms. The maximum Gasteiger partial charge on any atom is 0.380 e. The topological polar surface area (TPSA) is 71.4 Å². The van der Waals surface area contributed by atoms with Crippen molar-refractivity contribution in [2.45, 2.75) is 26.2 Å². The monoisotopic (exact) mass is 234 g/mol. The van der Waals surface area contributed by atoms with E-state index in [0.29, 0.717) is 0 Å². The van der Waals surface area contributed by atoms with E-state index in [1.807, 2.05) is 0 Å². The molecule has 0 atom stereocenters. The Balaban J connectivity index is 2.77. The Hall–Kier alpha value is -1.97. The van der Waals surface area contributed by atoms with E-state index < -0.39 is 17.5 Å². The van der Waals surface area contributed by atoms with Gasteiger partial charge in [0, 0.05) is 5.56 Å². The number of benzene rings is 1. The Kier molecular flexibility index (Phi) is 4.57. The number of aryl methyl sites for hydroxylation is 1. The van der Waals surface area contributed by atoms with E-state index in [9.17, 15) is 14.4 Å². The number of carbonyl (C=O) groups is 3. The van der Waals surface area contributed by atoms with Crippen molar-refractivity contribution in [1.82, 2.24) is 0 Å². The number of ketones is 2. The molecule has 17 heavy (non-hydrogen) atoms. The van der Waals surface area contributed by atoms with E-state index in [-0.39, 0.29) is 5.56 Å². The highest BCUT2D eigenvalue weighted by molar-refractivity contribution is 6.65.